The Labute approximate surface area is 247 Å². The lowest BCUT2D eigenvalue weighted by atomic mass is 9.87. The third-order valence-corrected chi connectivity index (χ3v) is 7.90. The molecule has 40 heavy (non-hydrogen) atoms. The van der Waals surface area contributed by atoms with Crippen molar-refractivity contribution in [3.05, 3.63) is 68.8 Å². The maximum Gasteiger partial charge on any atom is 0.247 e. The number of carbonyl (C=O) groups excluding carboxylic acids is 2. The molecule has 11 heteroatoms. The van der Waals surface area contributed by atoms with E-state index >= 15 is 0 Å². The fourth-order valence-electron chi connectivity index (χ4n) is 5.00. The Bertz CT molecular complexity index is 1200. The van der Waals surface area contributed by atoms with E-state index in [2.05, 4.69) is 27.9 Å². The number of amides is 2. The number of nitrogens with zero attached hydrogens (tertiary/aromatic N) is 1. The van der Waals surface area contributed by atoms with Crippen molar-refractivity contribution < 1.29 is 39.1 Å². The van der Waals surface area contributed by atoms with Gasteiger partial charge in [0.2, 0.25) is 11.8 Å². The highest BCUT2D eigenvalue weighted by Crippen LogP contribution is 2.37. The molecule has 216 valence electrons. The molecule has 4 N–H and O–H groups in total. The summed E-state index contributed by atoms with van der Waals surface area (Å²) >= 11 is 2.06. The molecule has 2 aromatic carbocycles. The van der Waals surface area contributed by atoms with E-state index in [1.54, 1.807) is 23.1 Å². The van der Waals surface area contributed by atoms with Crippen LogP contribution in [0.4, 0.5) is 0 Å². The molecular weight excluding hydrogens is 631 g/mol. The molecule has 2 amide bonds. The van der Waals surface area contributed by atoms with Gasteiger partial charge in [-0.25, -0.2) is 0 Å². The smallest absolute Gasteiger partial charge is 0.247 e. The minimum absolute atomic E-state index is 0.0648. The van der Waals surface area contributed by atoms with Gasteiger partial charge < -0.3 is 39.7 Å². The molecule has 1 heterocycles. The van der Waals surface area contributed by atoms with Crippen molar-refractivity contribution in [2.24, 2.45) is 5.92 Å². The molecule has 2 aromatic rings. The summed E-state index contributed by atoms with van der Waals surface area (Å²) < 4.78 is 17.9. The standard InChI is InChI=1S/C29H35IN2O8/c1-38-25-12-19(16-34)11-22(30)27(25)40-24-14-21(28(36)31-8-9-33)13-23(26(24)35)32(15-18-5-3-2-4-6-18)29(37)20-7-10-39-17-20/h2-6,11-12,14,20,23-24,26,33-35H,7-10,13,15-17H2,1H3,(H,31,36)/t20?,23-,24+,26+/m1/s1. The van der Waals surface area contributed by atoms with Crippen LogP contribution in [0.2, 0.25) is 0 Å². The summed E-state index contributed by atoms with van der Waals surface area (Å²) in [5.74, 6) is -0.194. The number of benzene rings is 2. The Morgan fingerprint density at radius 3 is 2.60 bits per heavy atom. The topological polar surface area (TPSA) is 138 Å². The molecule has 4 rings (SSSR count). The quantitative estimate of drug-likeness (QED) is 0.267. The van der Waals surface area contributed by atoms with Gasteiger partial charge >= 0.3 is 0 Å². The zero-order chi connectivity index (χ0) is 28.6. The monoisotopic (exact) mass is 666 g/mol. The van der Waals surface area contributed by atoms with Crippen molar-refractivity contribution in [1.29, 1.82) is 0 Å². The lowest BCUT2D eigenvalue weighted by molar-refractivity contribution is -0.143. The fourth-order valence-corrected chi connectivity index (χ4v) is 5.79. The Kier molecular flexibility index (Phi) is 10.8. The van der Waals surface area contributed by atoms with Crippen LogP contribution in [0.15, 0.2) is 54.1 Å². The SMILES string of the molecule is COc1cc(CO)cc(I)c1O[C@H]1C=C(C(=O)NCCO)C[C@@H](N(Cc2ccccc2)C(=O)C2CCOC2)[C@@H]1O. The van der Waals surface area contributed by atoms with Crippen LogP contribution < -0.4 is 14.8 Å². The molecule has 1 aliphatic carbocycles. The Hall–Kier alpha value is -2.71. The highest BCUT2D eigenvalue weighted by Gasteiger charge is 2.42. The highest BCUT2D eigenvalue weighted by atomic mass is 127. The molecule has 4 atom stereocenters. The molecule has 1 unspecified atom stereocenters. The van der Waals surface area contributed by atoms with Crippen LogP contribution in [0.1, 0.15) is 24.0 Å². The minimum atomic E-state index is -1.18. The number of ether oxygens (including phenoxy) is 3. The molecule has 1 saturated heterocycles. The summed E-state index contributed by atoms with van der Waals surface area (Å²) in [6, 6.07) is 12.1. The van der Waals surface area contributed by atoms with E-state index in [4.69, 9.17) is 14.2 Å². The average Bonchev–Trinajstić information content (AvgIpc) is 3.52. The molecule has 1 aliphatic heterocycles. The molecule has 0 bridgehead atoms. The summed E-state index contributed by atoms with van der Waals surface area (Å²) in [7, 11) is 1.48. The van der Waals surface area contributed by atoms with E-state index in [-0.39, 0.29) is 44.5 Å². The number of nitrogens with one attached hydrogen (secondary N) is 1. The molecule has 1 fully saturated rings. The van der Waals surface area contributed by atoms with Gasteiger partial charge in [-0.3, -0.25) is 9.59 Å². The molecular formula is C29H35IN2O8. The lowest BCUT2D eigenvalue weighted by Crippen LogP contribution is -2.56. The lowest BCUT2D eigenvalue weighted by Gasteiger charge is -2.41. The van der Waals surface area contributed by atoms with E-state index in [1.807, 2.05) is 30.3 Å². The summed E-state index contributed by atoms with van der Waals surface area (Å²) in [6.07, 6.45) is 0.0680. The average molecular weight is 667 g/mol. The van der Waals surface area contributed by atoms with Gasteiger partial charge in [0, 0.05) is 31.7 Å². The Morgan fingerprint density at radius 2 is 1.95 bits per heavy atom. The van der Waals surface area contributed by atoms with Crippen molar-refractivity contribution in [2.45, 2.75) is 44.2 Å². The van der Waals surface area contributed by atoms with Crippen molar-refractivity contribution >= 4 is 34.4 Å². The highest BCUT2D eigenvalue weighted by molar-refractivity contribution is 14.1. The number of aliphatic hydroxyl groups excluding tert-OH is 3. The minimum Gasteiger partial charge on any atom is -0.493 e. The van der Waals surface area contributed by atoms with Crippen LogP contribution in [-0.4, -0.2) is 83.8 Å². The molecule has 0 aromatic heterocycles. The van der Waals surface area contributed by atoms with E-state index < -0.39 is 24.2 Å². The van der Waals surface area contributed by atoms with E-state index in [1.165, 1.54) is 7.11 Å². The number of methoxy groups -OCH3 is 1. The Balaban J connectivity index is 1.72. The number of carbonyl (C=O) groups is 2. The van der Waals surface area contributed by atoms with E-state index in [0.29, 0.717) is 45.8 Å². The van der Waals surface area contributed by atoms with Gasteiger partial charge in [-0.15, -0.1) is 0 Å². The van der Waals surface area contributed by atoms with E-state index in [0.717, 1.165) is 5.56 Å². The van der Waals surface area contributed by atoms with Gasteiger partial charge in [0.15, 0.2) is 11.5 Å². The number of hydrogen-bond acceptors (Lipinski definition) is 8. The maximum absolute atomic E-state index is 13.8. The molecule has 0 saturated carbocycles. The number of aliphatic hydroxyl groups is 3. The van der Waals surface area contributed by atoms with Crippen LogP contribution >= 0.6 is 22.6 Å². The maximum atomic E-state index is 13.8. The summed E-state index contributed by atoms with van der Waals surface area (Å²) in [5, 5.41) is 33.2. The van der Waals surface area contributed by atoms with Crippen LogP contribution in [0.3, 0.4) is 0 Å². The van der Waals surface area contributed by atoms with Gasteiger partial charge in [0.05, 0.1) is 42.5 Å². The zero-order valence-corrected chi connectivity index (χ0v) is 24.5. The van der Waals surface area contributed by atoms with Crippen molar-refractivity contribution in [3.8, 4) is 11.5 Å². The first kappa shape index (κ1) is 30.3. The van der Waals surface area contributed by atoms with Crippen LogP contribution in [0, 0.1) is 9.49 Å². The summed E-state index contributed by atoms with van der Waals surface area (Å²) in [6.45, 7) is 0.692. The van der Waals surface area contributed by atoms with Crippen LogP contribution in [0.5, 0.6) is 11.5 Å². The molecule has 10 nitrogen and oxygen atoms in total. The third-order valence-electron chi connectivity index (χ3n) is 7.10. The van der Waals surface area contributed by atoms with Crippen molar-refractivity contribution in [2.75, 3.05) is 33.5 Å². The third kappa shape index (κ3) is 7.13. The Morgan fingerprint density at radius 1 is 1.18 bits per heavy atom. The normalized spacial score (nSPS) is 22.4. The van der Waals surface area contributed by atoms with Crippen molar-refractivity contribution in [3.63, 3.8) is 0 Å². The number of rotatable bonds is 11. The molecule has 2 aliphatic rings. The summed E-state index contributed by atoms with van der Waals surface area (Å²) in [4.78, 5) is 28.6. The first-order valence-corrected chi connectivity index (χ1v) is 14.3. The second-order valence-corrected chi connectivity index (χ2v) is 11.0. The van der Waals surface area contributed by atoms with Gasteiger partial charge in [-0.05, 0) is 58.3 Å². The first-order valence-electron chi connectivity index (χ1n) is 13.2. The van der Waals surface area contributed by atoms with E-state index in [9.17, 15) is 24.9 Å². The number of hydrogen-bond donors (Lipinski definition) is 4. The predicted octanol–water partition coefficient (Wildman–Crippen LogP) is 1.77. The van der Waals surface area contributed by atoms with Crippen molar-refractivity contribution in [1.82, 2.24) is 10.2 Å². The predicted molar refractivity (Wildman–Crippen MR) is 155 cm³/mol. The first-order chi connectivity index (χ1) is 19.4. The van der Waals surface area contributed by atoms with Crippen LogP contribution in [-0.2, 0) is 27.5 Å². The fraction of sp³-hybridized carbons (Fsp3) is 0.448. The zero-order valence-electron chi connectivity index (χ0n) is 22.3. The van der Waals surface area contributed by atoms with Gasteiger partial charge in [-0.2, -0.15) is 0 Å². The second-order valence-electron chi connectivity index (χ2n) is 9.80. The second kappa shape index (κ2) is 14.3. The van der Waals surface area contributed by atoms with Gasteiger partial charge in [0.1, 0.15) is 12.2 Å². The molecule has 0 spiro atoms. The molecule has 0 radical (unpaired) electrons. The van der Waals surface area contributed by atoms with Gasteiger partial charge in [-0.1, -0.05) is 30.3 Å². The summed E-state index contributed by atoms with van der Waals surface area (Å²) in [5.41, 5.74) is 1.85. The van der Waals surface area contributed by atoms with Crippen LogP contribution in [0.25, 0.3) is 0 Å². The number of halogens is 1. The largest absolute Gasteiger partial charge is 0.493 e. The van der Waals surface area contributed by atoms with Gasteiger partial charge in [0.25, 0.3) is 0 Å².